The smallest absolute Gasteiger partial charge is 0.343 e. The predicted molar refractivity (Wildman–Crippen MR) is 118 cm³/mol. The van der Waals surface area contributed by atoms with Gasteiger partial charge in [-0.2, -0.15) is 0 Å². The Kier molecular flexibility index (Phi) is 6.53. The first-order chi connectivity index (χ1) is 13.4. The lowest BCUT2D eigenvalue weighted by Gasteiger charge is -2.09. The number of halogens is 1. The van der Waals surface area contributed by atoms with Crippen molar-refractivity contribution >= 4 is 62.2 Å². The maximum atomic E-state index is 12.4. The molecule has 1 fully saturated rings. The van der Waals surface area contributed by atoms with E-state index < -0.39 is 5.97 Å². The van der Waals surface area contributed by atoms with E-state index in [1.54, 1.807) is 53.4 Å². The van der Waals surface area contributed by atoms with E-state index in [2.05, 4.69) is 15.9 Å². The van der Waals surface area contributed by atoms with Crippen LogP contribution in [-0.2, 0) is 4.79 Å². The third kappa shape index (κ3) is 4.45. The van der Waals surface area contributed by atoms with Crippen molar-refractivity contribution in [1.82, 2.24) is 4.90 Å². The summed E-state index contributed by atoms with van der Waals surface area (Å²) in [5, 5.41) is 0. The van der Waals surface area contributed by atoms with Gasteiger partial charge < -0.3 is 9.47 Å². The minimum atomic E-state index is -0.490. The summed E-state index contributed by atoms with van der Waals surface area (Å²) in [6.45, 7) is 2.43. The second kappa shape index (κ2) is 8.89. The van der Waals surface area contributed by atoms with E-state index in [0.29, 0.717) is 37.3 Å². The predicted octanol–water partition coefficient (Wildman–Crippen LogP) is 4.90. The van der Waals surface area contributed by atoms with Gasteiger partial charge in [-0.25, -0.2) is 4.79 Å². The molecule has 2 aromatic carbocycles. The van der Waals surface area contributed by atoms with Gasteiger partial charge in [-0.3, -0.25) is 9.69 Å². The molecule has 1 heterocycles. The number of likely N-dealkylation sites (N-methyl/N-ethyl adjacent to an activating group) is 1. The minimum absolute atomic E-state index is 0.0952. The molecule has 0 N–H and O–H groups in total. The second-order valence-electron chi connectivity index (χ2n) is 5.74. The third-order valence-electron chi connectivity index (χ3n) is 3.95. The number of thiocarbonyl (C=S) groups is 1. The summed E-state index contributed by atoms with van der Waals surface area (Å²) >= 11 is 9.92. The number of methoxy groups -OCH3 is 1. The quantitative estimate of drug-likeness (QED) is 0.264. The average Bonchev–Trinajstić information content (AvgIpc) is 2.96. The second-order valence-corrected chi connectivity index (χ2v) is 8.27. The standard InChI is InChI=1S/C20H16BrNO4S2/c1-3-22-18(23)17(28-20(22)27)10-12-7-8-16(15(21)9-12)26-19(24)13-5-4-6-14(11-13)25-2/h4-11H,3H2,1-2H3/b17-10-. The number of ether oxygens (including phenoxy) is 2. The van der Waals surface area contributed by atoms with Crippen molar-refractivity contribution in [2.24, 2.45) is 0 Å². The fourth-order valence-corrected chi connectivity index (χ4v) is 4.38. The van der Waals surface area contributed by atoms with Gasteiger partial charge in [0.1, 0.15) is 15.8 Å². The summed E-state index contributed by atoms with van der Waals surface area (Å²) in [5.74, 6) is 0.373. The van der Waals surface area contributed by atoms with Gasteiger partial charge in [0.15, 0.2) is 0 Å². The Labute approximate surface area is 180 Å². The first-order valence-electron chi connectivity index (χ1n) is 8.34. The van der Waals surface area contributed by atoms with Crippen molar-refractivity contribution in [2.75, 3.05) is 13.7 Å². The van der Waals surface area contributed by atoms with Gasteiger partial charge in [0.25, 0.3) is 5.91 Å². The van der Waals surface area contributed by atoms with E-state index in [4.69, 9.17) is 21.7 Å². The molecular weight excluding hydrogens is 462 g/mol. The molecule has 0 aromatic heterocycles. The fraction of sp³-hybridized carbons (Fsp3) is 0.150. The highest BCUT2D eigenvalue weighted by Crippen LogP contribution is 2.34. The lowest BCUT2D eigenvalue weighted by Crippen LogP contribution is -2.27. The van der Waals surface area contributed by atoms with Crippen molar-refractivity contribution in [3.05, 3.63) is 63.0 Å². The van der Waals surface area contributed by atoms with Gasteiger partial charge in [0.05, 0.1) is 22.1 Å². The Morgan fingerprint density at radius 1 is 1.29 bits per heavy atom. The topological polar surface area (TPSA) is 55.8 Å². The Bertz CT molecular complexity index is 990. The lowest BCUT2D eigenvalue weighted by molar-refractivity contribution is -0.121. The molecule has 0 spiro atoms. The van der Waals surface area contributed by atoms with Crippen LogP contribution >= 0.6 is 39.9 Å². The SMILES string of the molecule is CCN1C(=O)/C(=C/c2ccc(OC(=O)c3cccc(OC)c3)c(Br)c2)SC1=S. The number of amides is 1. The number of thioether (sulfide) groups is 1. The molecule has 1 aliphatic rings. The van der Waals surface area contributed by atoms with Crippen molar-refractivity contribution in [3.8, 4) is 11.5 Å². The number of hydrogen-bond donors (Lipinski definition) is 0. The van der Waals surface area contributed by atoms with Crippen LogP contribution in [0.1, 0.15) is 22.8 Å². The Morgan fingerprint density at radius 3 is 2.71 bits per heavy atom. The lowest BCUT2D eigenvalue weighted by atomic mass is 10.2. The molecule has 2 aromatic rings. The van der Waals surface area contributed by atoms with Gasteiger partial charge in [-0.15, -0.1) is 0 Å². The van der Waals surface area contributed by atoms with Crippen LogP contribution in [0.4, 0.5) is 0 Å². The average molecular weight is 478 g/mol. The van der Waals surface area contributed by atoms with Gasteiger partial charge in [-0.05, 0) is 64.8 Å². The molecule has 0 radical (unpaired) electrons. The number of benzene rings is 2. The maximum absolute atomic E-state index is 12.4. The van der Waals surface area contributed by atoms with Gasteiger partial charge in [-0.1, -0.05) is 36.1 Å². The number of carbonyl (C=O) groups is 2. The summed E-state index contributed by atoms with van der Waals surface area (Å²) in [6.07, 6.45) is 1.77. The molecule has 1 saturated heterocycles. The largest absolute Gasteiger partial charge is 0.497 e. The summed E-state index contributed by atoms with van der Waals surface area (Å²) in [7, 11) is 1.54. The van der Waals surface area contributed by atoms with Crippen LogP contribution in [0.2, 0.25) is 0 Å². The Morgan fingerprint density at radius 2 is 2.07 bits per heavy atom. The highest BCUT2D eigenvalue weighted by molar-refractivity contribution is 9.10. The summed E-state index contributed by atoms with van der Waals surface area (Å²) in [4.78, 5) is 26.8. The maximum Gasteiger partial charge on any atom is 0.343 e. The van der Waals surface area contributed by atoms with Crippen LogP contribution in [0.25, 0.3) is 6.08 Å². The molecule has 0 atom stereocenters. The summed E-state index contributed by atoms with van der Waals surface area (Å²) in [6, 6.07) is 12.0. The first kappa shape index (κ1) is 20.6. The molecule has 28 heavy (non-hydrogen) atoms. The van der Waals surface area contributed by atoms with Crippen LogP contribution < -0.4 is 9.47 Å². The van der Waals surface area contributed by atoms with Gasteiger partial charge >= 0.3 is 5.97 Å². The van der Waals surface area contributed by atoms with Gasteiger partial charge in [0.2, 0.25) is 0 Å². The molecule has 0 saturated carbocycles. The van der Waals surface area contributed by atoms with E-state index in [-0.39, 0.29) is 5.91 Å². The number of carbonyl (C=O) groups excluding carboxylic acids is 2. The summed E-state index contributed by atoms with van der Waals surface area (Å²) < 4.78 is 11.7. The number of hydrogen-bond acceptors (Lipinski definition) is 6. The molecular formula is C20H16BrNO4S2. The van der Waals surface area contributed by atoms with E-state index in [1.807, 2.05) is 6.92 Å². The zero-order valence-electron chi connectivity index (χ0n) is 15.1. The van der Waals surface area contributed by atoms with Crippen LogP contribution in [-0.4, -0.2) is 34.8 Å². The highest BCUT2D eigenvalue weighted by atomic mass is 79.9. The normalized spacial score (nSPS) is 15.2. The van der Waals surface area contributed by atoms with Crippen molar-refractivity contribution in [2.45, 2.75) is 6.92 Å². The van der Waals surface area contributed by atoms with Crippen molar-refractivity contribution in [1.29, 1.82) is 0 Å². The minimum Gasteiger partial charge on any atom is -0.497 e. The first-order valence-corrected chi connectivity index (χ1v) is 10.4. The van der Waals surface area contributed by atoms with Crippen LogP contribution in [0, 0.1) is 0 Å². The molecule has 0 unspecified atom stereocenters. The molecule has 8 heteroatoms. The van der Waals surface area contributed by atoms with Crippen LogP contribution in [0.3, 0.4) is 0 Å². The van der Waals surface area contributed by atoms with Crippen LogP contribution in [0.15, 0.2) is 51.8 Å². The Hall–Kier alpha value is -2.16. The van der Waals surface area contributed by atoms with Gasteiger partial charge in [0, 0.05) is 6.54 Å². The molecule has 0 aliphatic carbocycles. The third-order valence-corrected chi connectivity index (χ3v) is 5.95. The number of nitrogens with zero attached hydrogens (tertiary/aromatic N) is 1. The number of rotatable bonds is 5. The van der Waals surface area contributed by atoms with E-state index >= 15 is 0 Å². The highest BCUT2D eigenvalue weighted by Gasteiger charge is 2.30. The summed E-state index contributed by atoms with van der Waals surface area (Å²) in [5.41, 5.74) is 1.18. The number of esters is 1. The fourth-order valence-electron chi connectivity index (χ4n) is 2.52. The monoisotopic (exact) mass is 477 g/mol. The zero-order chi connectivity index (χ0) is 20.3. The Balaban J connectivity index is 1.77. The van der Waals surface area contributed by atoms with Crippen molar-refractivity contribution < 1.29 is 19.1 Å². The van der Waals surface area contributed by atoms with E-state index in [1.165, 1.54) is 18.9 Å². The van der Waals surface area contributed by atoms with Crippen LogP contribution in [0.5, 0.6) is 11.5 Å². The molecule has 0 bridgehead atoms. The van der Waals surface area contributed by atoms with Crippen molar-refractivity contribution in [3.63, 3.8) is 0 Å². The van der Waals surface area contributed by atoms with E-state index in [9.17, 15) is 9.59 Å². The van der Waals surface area contributed by atoms with E-state index in [0.717, 1.165) is 5.56 Å². The molecule has 1 aliphatic heterocycles. The zero-order valence-corrected chi connectivity index (χ0v) is 18.3. The molecule has 1 amide bonds. The molecule has 144 valence electrons. The molecule has 3 rings (SSSR count). The molecule has 5 nitrogen and oxygen atoms in total.